The number of anilines is 1. The van der Waals surface area contributed by atoms with Gasteiger partial charge in [-0.2, -0.15) is 0 Å². The van der Waals surface area contributed by atoms with E-state index < -0.39 is 0 Å². The highest BCUT2D eigenvalue weighted by Crippen LogP contribution is 2.29. The van der Waals surface area contributed by atoms with Crippen LogP contribution < -0.4 is 10.1 Å². The molecule has 0 aliphatic carbocycles. The average molecular weight is 399 g/mol. The lowest BCUT2D eigenvalue weighted by Crippen LogP contribution is -2.14. The highest BCUT2D eigenvalue weighted by atomic mass is 16.5. The molecule has 4 rings (SSSR count). The van der Waals surface area contributed by atoms with Crippen LogP contribution in [0.15, 0.2) is 77.4 Å². The van der Waals surface area contributed by atoms with E-state index in [1.54, 1.807) is 6.26 Å². The fourth-order valence-corrected chi connectivity index (χ4v) is 3.61. The number of carbonyl (C=O) groups excluding carboxylic acids is 1. The summed E-state index contributed by atoms with van der Waals surface area (Å²) in [5.74, 6) is 1.83. The zero-order valence-electron chi connectivity index (χ0n) is 17.4. The molecule has 0 unspecified atom stereocenters. The van der Waals surface area contributed by atoms with Crippen LogP contribution >= 0.6 is 0 Å². The Hall–Kier alpha value is -3.53. The van der Waals surface area contributed by atoms with Gasteiger partial charge < -0.3 is 14.5 Å². The molecule has 0 bridgehead atoms. The standard InChI is InChI=1S/C26H25NO3/c1-17(2)23-15-24-19(16-29-25(24)13-18(23)3)14-26(28)27-20-9-11-22(12-10-20)30-21-7-5-4-6-8-21/h4-13,15-17H,14H2,1-3H3,(H,27,28). The number of furan rings is 1. The lowest BCUT2D eigenvalue weighted by molar-refractivity contribution is -0.115. The molecule has 0 aliphatic rings. The largest absolute Gasteiger partial charge is 0.464 e. The number of aryl methyl sites for hydroxylation is 1. The highest BCUT2D eigenvalue weighted by molar-refractivity contribution is 5.95. The van der Waals surface area contributed by atoms with Crippen molar-refractivity contribution in [2.45, 2.75) is 33.1 Å². The normalized spacial score (nSPS) is 11.1. The van der Waals surface area contributed by atoms with Crippen LogP contribution in [-0.4, -0.2) is 5.91 Å². The molecule has 1 amide bonds. The Morgan fingerprint density at radius 1 is 1.00 bits per heavy atom. The summed E-state index contributed by atoms with van der Waals surface area (Å²) in [6.07, 6.45) is 1.94. The lowest BCUT2D eigenvalue weighted by Gasteiger charge is -2.10. The minimum absolute atomic E-state index is 0.0823. The van der Waals surface area contributed by atoms with Gasteiger partial charge in [-0.05, 0) is 72.5 Å². The van der Waals surface area contributed by atoms with Crippen LogP contribution in [0.1, 0.15) is 36.5 Å². The first-order chi connectivity index (χ1) is 14.5. The molecule has 0 atom stereocenters. The Labute approximate surface area is 176 Å². The lowest BCUT2D eigenvalue weighted by atomic mass is 9.95. The molecule has 4 nitrogen and oxygen atoms in total. The van der Waals surface area contributed by atoms with E-state index in [2.05, 4.69) is 38.2 Å². The van der Waals surface area contributed by atoms with Crippen molar-refractivity contribution >= 4 is 22.6 Å². The maximum absolute atomic E-state index is 12.6. The van der Waals surface area contributed by atoms with Gasteiger partial charge in [0.2, 0.25) is 5.91 Å². The Kier molecular flexibility index (Phi) is 5.57. The molecule has 0 saturated heterocycles. The summed E-state index contributed by atoms with van der Waals surface area (Å²) in [4.78, 5) is 12.6. The molecular formula is C26H25NO3. The summed E-state index contributed by atoms with van der Waals surface area (Å²) in [6, 6.07) is 21.2. The van der Waals surface area contributed by atoms with Crippen molar-refractivity contribution in [3.63, 3.8) is 0 Å². The second kappa shape index (κ2) is 8.46. The summed E-state index contributed by atoms with van der Waals surface area (Å²) in [6.45, 7) is 6.44. The number of hydrogen-bond acceptors (Lipinski definition) is 3. The number of rotatable bonds is 6. The summed E-state index contributed by atoms with van der Waals surface area (Å²) < 4.78 is 11.5. The molecule has 30 heavy (non-hydrogen) atoms. The SMILES string of the molecule is Cc1cc2occ(CC(=O)Nc3ccc(Oc4ccccc4)cc3)c2cc1C(C)C. The molecule has 1 heterocycles. The second-order valence-electron chi connectivity index (χ2n) is 7.79. The summed E-state index contributed by atoms with van der Waals surface area (Å²) >= 11 is 0. The number of para-hydroxylation sites is 1. The van der Waals surface area contributed by atoms with Crippen molar-refractivity contribution in [1.82, 2.24) is 0 Å². The molecule has 0 saturated carbocycles. The van der Waals surface area contributed by atoms with Crippen LogP contribution in [0, 0.1) is 6.92 Å². The Morgan fingerprint density at radius 3 is 2.40 bits per heavy atom. The van der Waals surface area contributed by atoms with Crippen LogP contribution in [0.25, 0.3) is 11.0 Å². The van der Waals surface area contributed by atoms with Gasteiger partial charge in [-0.15, -0.1) is 0 Å². The number of hydrogen-bond donors (Lipinski definition) is 1. The van der Waals surface area contributed by atoms with E-state index in [0.29, 0.717) is 5.92 Å². The van der Waals surface area contributed by atoms with Gasteiger partial charge in [0.1, 0.15) is 17.1 Å². The molecule has 4 heteroatoms. The third-order valence-electron chi connectivity index (χ3n) is 5.13. The zero-order chi connectivity index (χ0) is 21.1. The fourth-order valence-electron chi connectivity index (χ4n) is 3.61. The molecular weight excluding hydrogens is 374 g/mol. The zero-order valence-corrected chi connectivity index (χ0v) is 17.4. The topological polar surface area (TPSA) is 51.5 Å². The second-order valence-corrected chi connectivity index (χ2v) is 7.79. The van der Waals surface area contributed by atoms with Crippen LogP contribution in [0.2, 0.25) is 0 Å². The molecule has 152 valence electrons. The van der Waals surface area contributed by atoms with E-state index in [9.17, 15) is 4.79 Å². The quantitative estimate of drug-likeness (QED) is 0.386. The Bertz CT molecular complexity index is 1160. The van der Waals surface area contributed by atoms with E-state index in [0.717, 1.165) is 33.7 Å². The Morgan fingerprint density at radius 2 is 1.70 bits per heavy atom. The first-order valence-corrected chi connectivity index (χ1v) is 10.1. The van der Waals surface area contributed by atoms with Crippen LogP contribution in [0.4, 0.5) is 5.69 Å². The van der Waals surface area contributed by atoms with Crippen molar-refractivity contribution in [2.75, 3.05) is 5.32 Å². The molecule has 0 spiro atoms. The van der Waals surface area contributed by atoms with Gasteiger partial charge in [0.05, 0.1) is 12.7 Å². The van der Waals surface area contributed by atoms with Gasteiger partial charge in [0.15, 0.2) is 0 Å². The molecule has 0 aliphatic heterocycles. The van der Waals surface area contributed by atoms with Crippen LogP contribution in [0.3, 0.4) is 0 Å². The van der Waals surface area contributed by atoms with E-state index in [1.807, 2.05) is 54.6 Å². The first-order valence-electron chi connectivity index (χ1n) is 10.1. The number of fused-ring (bicyclic) bond motifs is 1. The third kappa shape index (κ3) is 4.38. The molecule has 0 fully saturated rings. The molecule has 4 aromatic rings. The number of ether oxygens (including phenoxy) is 1. The predicted molar refractivity (Wildman–Crippen MR) is 120 cm³/mol. The van der Waals surface area contributed by atoms with Gasteiger partial charge in [-0.3, -0.25) is 4.79 Å². The summed E-state index contributed by atoms with van der Waals surface area (Å²) in [5, 5.41) is 3.95. The van der Waals surface area contributed by atoms with Gasteiger partial charge >= 0.3 is 0 Å². The van der Waals surface area contributed by atoms with Crippen molar-refractivity contribution < 1.29 is 13.9 Å². The van der Waals surface area contributed by atoms with Gasteiger partial charge in [0, 0.05) is 16.6 Å². The minimum Gasteiger partial charge on any atom is -0.464 e. The molecule has 3 aromatic carbocycles. The van der Waals surface area contributed by atoms with Crippen molar-refractivity contribution in [3.8, 4) is 11.5 Å². The monoisotopic (exact) mass is 399 g/mol. The number of nitrogens with one attached hydrogen (secondary N) is 1. The molecule has 1 N–H and O–H groups in total. The van der Waals surface area contributed by atoms with Crippen LogP contribution in [0.5, 0.6) is 11.5 Å². The van der Waals surface area contributed by atoms with E-state index in [1.165, 1.54) is 11.1 Å². The highest BCUT2D eigenvalue weighted by Gasteiger charge is 2.14. The molecule has 0 radical (unpaired) electrons. The smallest absolute Gasteiger partial charge is 0.228 e. The number of carbonyl (C=O) groups is 1. The number of benzene rings is 3. The maximum atomic E-state index is 12.6. The van der Waals surface area contributed by atoms with Gasteiger partial charge in [-0.25, -0.2) is 0 Å². The maximum Gasteiger partial charge on any atom is 0.228 e. The molecule has 1 aromatic heterocycles. The van der Waals surface area contributed by atoms with Crippen molar-refractivity contribution in [1.29, 1.82) is 0 Å². The summed E-state index contributed by atoms with van der Waals surface area (Å²) in [7, 11) is 0. The minimum atomic E-state index is -0.0823. The predicted octanol–water partition coefficient (Wildman–Crippen LogP) is 6.84. The summed E-state index contributed by atoms with van der Waals surface area (Å²) in [5.41, 5.74) is 4.93. The van der Waals surface area contributed by atoms with Crippen LogP contribution in [-0.2, 0) is 11.2 Å². The first kappa shape index (κ1) is 19.8. The van der Waals surface area contributed by atoms with E-state index in [-0.39, 0.29) is 12.3 Å². The van der Waals surface area contributed by atoms with Gasteiger partial charge in [-0.1, -0.05) is 32.0 Å². The van der Waals surface area contributed by atoms with E-state index in [4.69, 9.17) is 9.15 Å². The Balaban J connectivity index is 1.44. The fraction of sp³-hybridized carbons (Fsp3) is 0.192. The van der Waals surface area contributed by atoms with E-state index >= 15 is 0 Å². The van der Waals surface area contributed by atoms with Crippen molar-refractivity contribution in [3.05, 3.63) is 89.7 Å². The van der Waals surface area contributed by atoms with Gasteiger partial charge in [0.25, 0.3) is 0 Å². The average Bonchev–Trinajstić information content (AvgIpc) is 3.10. The number of amides is 1. The van der Waals surface area contributed by atoms with Crippen molar-refractivity contribution in [2.24, 2.45) is 0 Å². The third-order valence-corrected chi connectivity index (χ3v) is 5.13.